The number of aromatic carboxylic acids is 1. The summed E-state index contributed by atoms with van der Waals surface area (Å²) in [4.78, 5) is 24.8. The summed E-state index contributed by atoms with van der Waals surface area (Å²) in [5.41, 5.74) is -0.396. The number of aromatic nitrogens is 3. The van der Waals surface area contributed by atoms with Crippen molar-refractivity contribution in [1.82, 2.24) is 14.8 Å². The highest BCUT2D eigenvalue weighted by atomic mass is 16.4. The Kier molecular flexibility index (Phi) is 1.63. The van der Waals surface area contributed by atoms with Crippen LogP contribution in [0.1, 0.15) is 10.4 Å². The van der Waals surface area contributed by atoms with Crippen molar-refractivity contribution in [3.05, 3.63) is 28.2 Å². The summed E-state index contributed by atoms with van der Waals surface area (Å²) in [7, 11) is 1.66. The largest absolute Gasteiger partial charge is 0.477 e. The molecule has 0 unspecified atom stereocenters. The zero-order valence-corrected chi connectivity index (χ0v) is 7.31. The Hall–Kier alpha value is -2.11. The van der Waals surface area contributed by atoms with Gasteiger partial charge in [0.25, 0.3) is 0 Å². The molecule has 0 saturated heterocycles. The van der Waals surface area contributed by atoms with Gasteiger partial charge in [-0.3, -0.25) is 9.48 Å². The number of aromatic amines is 1. The standard InChI is InChI=1S/C8H7N3O3/c1-11-3-5-6(12)4(8(13)14)2-9-7(5)10-11/h2-3H,1H3,(H,9,10)(H,13,14). The van der Waals surface area contributed by atoms with Gasteiger partial charge in [0, 0.05) is 19.4 Å². The van der Waals surface area contributed by atoms with Gasteiger partial charge in [-0.25, -0.2) is 4.79 Å². The lowest BCUT2D eigenvalue weighted by Gasteiger charge is -1.91. The monoisotopic (exact) mass is 193 g/mol. The van der Waals surface area contributed by atoms with Gasteiger partial charge in [-0.05, 0) is 0 Å². The third-order valence-electron chi connectivity index (χ3n) is 1.90. The molecule has 0 aromatic carbocycles. The van der Waals surface area contributed by atoms with Crippen molar-refractivity contribution >= 4 is 17.0 Å². The number of pyridine rings is 1. The lowest BCUT2D eigenvalue weighted by atomic mass is 10.2. The van der Waals surface area contributed by atoms with Crippen molar-refractivity contribution in [3.63, 3.8) is 0 Å². The average Bonchev–Trinajstić information content (AvgIpc) is 2.46. The maximum absolute atomic E-state index is 11.5. The Morgan fingerprint density at radius 1 is 1.64 bits per heavy atom. The SMILES string of the molecule is Cn1cc2c(=O)c(C(=O)O)c[nH]c2n1. The van der Waals surface area contributed by atoms with Crippen molar-refractivity contribution < 1.29 is 9.90 Å². The Balaban J connectivity index is 2.88. The molecule has 6 heteroatoms. The van der Waals surface area contributed by atoms with Crippen LogP contribution in [0.5, 0.6) is 0 Å². The highest BCUT2D eigenvalue weighted by Crippen LogP contribution is 2.04. The number of H-pyrrole nitrogens is 1. The van der Waals surface area contributed by atoms with Gasteiger partial charge in [0.05, 0.1) is 5.39 Å². The molecule has 14 heavy (non-hydrogen) atoms. The maximum atomic E-state index is 11.5. The Morgan fingerprint density at radius 2 is 2.36 bits per heavy atom. The van der Waals surface area contributed by atoms with E-state index in [9.17, 15) is 9.59 Å². The average molecular weight is 193 g/mol. The van der Waals surface area contributed by atoms with Crippen LogP contribution in [-0.4, -0.2) is 25.8 Å². The number of carboxylic acid groups (broad SMARTS) is 1. The summed E-state index contributed by atoms with van der Waals surface area (Å²) in [5.74, 6) is -1.24. The number of hydrogen-bond donors (Lipinski definition) is 2. The summed E-state index contributed by atoms with van der Waals surface area (Å²) < 4.78 is 1.45. The molecule has 0 bridgehead atoms. The molecule has 72 valence electrons. The van der Waals surface area contributed by atoms with Crippen molar-refractivity contribution in [2.45, 2.75) is 0 Å². The summed E-state index contributed by atoms with van der Waals surface area (Å²) in [6.07, 6.45) is 2.64. The number of rotatable bonds is 1. The molecular formula is C8H7N3O3. The zero-order chi connectivity index (χ0) is 10.3. The van der Waals surface area contributed by atoms with Gasteiger partial charge in [-0.2, -0.15) is 5.10 Å². The zero-order valence-electron chi connectivity index (χ0n) is 7.31. The normalized spacial score (nSPS) is 10.6. The predicted octanol–water partition coefficient (Wildman–Crippen LogP) is -0.0402. The Labute approximate surface area is 77.8 Å². The Morgan fingerprint density at radius 3 is 3.00 bits per heavy atom. The first-order valence-electron chi connectivity index (χ1n) is 3.88. The second-order valence-electron chi connectivity index (χ2n) is 2.90. The lowest BCUT2D eigenvalue weighted by molar-refractivity contribution is 0.0695. The smallest absolute Gasteiger partial charge is 0.341 e. The van der Waals surface area contributed by atoms with Crippen molar-refractivity contribution in [3.8, 4) is 0 Å². The maximum Gasteiger partial charge on any atom is 0.341 e. The molecule has 0 spiro atoms. The van der Waals surface area contributed by atoms with Crippen LogP contribution in [-0.2, 0) is 7.05 Å². The van der Waals surface area contributed by atoms with Gasteiger partial charge in [0.15, 0.2) is 5.65 Å². The minimum absolute atomic E-state index is 0.273. The molecule has 2 rings (SSSR count). The third kappa shape index (κ3) is 1.08. The van der Waals surface area contributed by atoms with Crippen LogP contribution in [0.2, 0.25) is 0 Å². The van der Waals surface area contributed by atoms with Gasteiger partial charge in [0.1, 0.15) is 5.56 Å². The number of aryl methyl sites for hydroxylation is 1. The van der Waals surface area contributed by atoms with Crippen LogP contribution in [0.4, 0.5) is 0 Å². The topological polar surface area (TPSA) is 88.0 Å². The molecule has 0 aliphatic heterocycles. The molecule has 0 aliphatic carbocycles. The first-order chi connectivity index (χ1) is 6.59. The third-order valence-corrected chi connectivity index (χ3v) is 1.90. The van der Waals surface area contributed by atoms with E-state index in [2.05, 4.69) is 10.1 Å². The molecule has 0 aliphatic rings. The molecule has 2 aromatic rings. The highest BCUT2D eigenvalue weighted by Gasteiger charge is 2.12. The van der Waals surface area contributed by atoms with Crippen LogP contribution >= 0.6 is 0 Å². The van der Waals surface area contributed by atoms with Crippen molar-refractivity contribution in [2.24, 2.45) is 7.05 Å². The second kappa shape index (κ2) is 2.69. The van der Waals surface area contributed by atoms with Gasteiger partial charge in [-0.1, -0.05) is 0 Å². The van der Waals surface area contributed by atoms with E-state index in [0.29, 0.717) is 5.65 Å². The van der Waals surface area contributed by atoms with E-state index >= 15 is 0 Å². The summed E-state index contributed by atoms with van der Waals surface area (Å²) in [6, 6.07) is 0. The molecule has 2 aromatic heterocycles. The van der Waals surface area contributed by atoms with E-state index in [1.807, 2.05) is 0 Å². The first kappa shape index (κ1) is 8.49. The molecule has 2 N–H and O–H groups in total. The van der Waals surface area contributed by atoms with E-state index < -0.39 is 11.4 Å². The first-order valence-corrected chi connectivity index (χ1v) is 3.88. The fraction of sp³-hybridized carbons (Fsp3) is 0.125. The molecule has 0 atom stereocenters. The van der Waals surface area contributed by atoms with E-state index in [1.165, 1.54) is 10.9 Å². The molecular weight excluding hydrogens is 186 g/mol. The number of fused-ring (bicyclic) bond motifs is 1. The molecule has 0 saturated carbocycles. The van der Waals surface area contributed by atoms with Gasteiger partial charge in [-0.15, -0.1) is 0 Å². The fourth-order valence-corrected chi connectivity index (χ4v) is 1.27. The van der Waals surface area contributed by atoms with Gasteiger partial charge >= 0.3 is 5.97 Å². The fourth-order valence-electron chi connectivity index (χ4n) is 1.27. The molecule has 0 fully saturated rings. The second-order valence-corrected chi connectivity index (χ2v) is 2.90. The highest BCUT2D eigenvalue weighted by molar-refractivity contribution is 5.91. The lowest BCUT2D eigenvalue weighted by Crippen LogP contribution is -2.14. The molecule has 6 nitrogen and oxygen atoms in total. The predicted molar refractivity (Wildman–Crippen MR) is 48.3 cm³/mol. The van der Waals surface area contributed by atoms with Crippen LogP contribution < -0.4 is 5.43 Å². The molecule has 0 amide bonds. The quantitative estimate of drug-likeness (QED) is 0.665. The van der Waals surface area contributed by atoms with Gasteiger partial charge in [0.2, 0.25) is 5.43 Å². The summed E-state index contributed by atoms with van der Waals surface area (Å²) in [6.45, 7) is 0. The van der Waals surface area contributed by atoms with E-state index in [4.69, 9.17) is 5.11 Å². The minimum atomic E-state index is -1.24. The van der Waals surface area contributed by atoms with Crippen LogP contribution in [0, 0.1) is 0 Å². The molecule has 2 heterocycles. The van der Waals surface area contributed by atoms with E-state index in [0.717, 1.165) is 6.20 Å². The van der Waals surface area contributed by atoms with E-state index in [-0.39, 0.29) is 10.9 Å². The summed E-state index contributed by atoms with van der Waals surface area (Å²) in [5, 5.41) is 12.9. The number of nitrogens with zero attached hydrogens (tertiary/aromatic N) is 2. The molecule has 0 radical (unpaired) electrons. The minimum Gasteiger partial charge on any atom is -0.477 e. The van der Waals surface area contributed by atoms with E-state index in [1.54, 1.807) is 7.05 Å². The van der Waals surface area contributed by atoms with Crippen LogP contribution in [0.3, 0.4) is 0 Å². The van der Waals surface area contributed by atoms with Gasteiger partial charge < -0.3 is 10.1 Å². The number of carboxylic acids is 1. The number of hydrogen-bond acceptors (Lipinski definition) is 3. The Bertz CT molecular complexity index is 567. The van der Waals surface area contributed by atoms with Crippen molar-refractivity contribution in [1.29, 1.82) is 0 Å². The van der Waals surface area contributed by atoms with Crippen molar-refractivity contribution in [2.75, 3.05) is 0 Å². The summed E-state index contributed by atoms with van der Waals surface area (Å²) >= 11 is 0. The number of carbonyl (C=O) groups is 1. The van der Waals surface area contributed by atoms with Crippen LogP contribution in [0.25, 0.3) is 11.0 Å². The number of nitrogens with one attached hydrogen (secondary N) is 1. The van der Waals surface area contributed by atoms with Crippen LogP contribution in [0.15, 0.2) is 17.2 Å².